The predicted molar refractivity (Wildman–Crippen MR) is 63.0 cm³/mol. The van der Waals surface area contributed by atoms with Crippen molar-refractivity contribution in [1.29, 1.82) is 0 Å². The van der Waals surface area contributed by atoms with Gasteiger partial charge in [0.25, 0.3) is 5.91 Å². The summed E-state index contributed by atoms with van der Waals surface area (Å²) in [6, 6.07) is 1.50. The monoisotopic (exact) mass is 256 g/mol. The summed E-state index contributed by atoms with van der Waals surface area (Å²) in [5, 5.41) is 11.6. The van der Waals surface area contributed by atoms with Gasteiger partial charge in [0.05, 0.1) is 16.5 Å². The molecule has 0 bridgehead atoms. The molecule has 0 radical (unpaired) electrons. The highest BCUT2D eigenvalue weighted by Gasteiger charge is 2.17. The van der Waals surface area contributed by atoms with E-state index in [2.05, 4.69) is 10.3 Å². The lowest BCUT2D eigenvalue weighted by Crippen LogP contribution is -2.32. The van der Waals surface area contributed by atoms with Crippen molar-refractivity contribution in [1.82, 2.24) is 10.3 Å². The number of pyridine rings is 1. The van der Waals surface area contributed by atoms with E-state index in [0.717, 1.165) is 0 Å². The topological polar surface area (TPSA) is 79.3 Å². The van der Waals surface area contributed by atoms with E-state index in [1.54, 1.807) is 6.92 Å². The second-order valence-corrected chi connectivity index (χ2v) is 3.92. The minimum Gasteiger partial charge on any atom is -0.481 e. The summed E-state index contributed by atoms with van der Waals surface area (Å²) in [6.45, 7) is 1.83. The van der Waals surface area contributed by atoms with Crippen molar-refractivity contribution in [2.24, 2.45) is 5.92 Å². The molecule has 1 heterocycles. The van der Waals surface area contributed by atoms with Gasteiger partial charge >= 0.3 is 5.97 Å². The van der Waals surface area contributed by atoms with Crippen molar-refractivity contribution < 1.29 is 14.7 Å². The van der Waals surface area contributed by atoms with Crippen LogP contribution in [0.3, 0.4) is 0 Å². The molecule has 0 saturated carbocycles. The second-order valence-electron chi connectivity index (χ2n) is 3.51. The van der Waals surface area contributed by atoms with Crippen LogP contribution in [0.4, 0.5) is 0 Å². The molecule has 5 nitrogen and oxygen atoms in total. The van der Waals surface area contributed by atoms with Crippen LogP contribution in [0.25, 0.3) is 0 Å². The van der Waals surface area contributed by atoms with Gasteiger partial charge in [-0.25, -0.2) is 0 Å². The van der Waals surface area contributed by atoms with Crippen LogP contribution in [0.2, 0.25) is 5.02 Å². The van der Waals surface area contributed by atoms with Crippen molar-refractivity contribution in [2.45, 2.75) is 13.3 Å². The van der Waals surface area contributed by atoms with Crippen LogP contribution in [0.1, 0.15) is 23.7 Å². The Morgan fingerprint density at radius 1 is 1.59 bits per heavy atom. The molecule has 17 heavy (non-hydrogen) atoms. The molecule has 0 fully saturated rings. The molecule has 1 unspecified atom stereocenters. The number of carboxylic acid groups (broad SMARTS) is 1. The van der Waals surface area contributed by atoms with Gasteiger partial charge in [0.15, 0.2) is 0 Å². The average molecular weight is 257 g/mol. The third-order valence-electron chi connectivity index (χ3n) is 2.36. The maximum Gasteiger partial charge on any atom is 0.308 e. The fourth-order valence-corrected chi connectivity index (χ4v) is 1.45. The Kier molecular flexibility index (Phi) is 4.90. The molecule has 6 heteroatoms. The lowest BCUT2D eigenvalue weighted by atomic mass is 10.1. The lowest BCUT2D eigenvalue weighted by Gasteiger charge is -2.11. The number of aliphatic carboxylic acids is 1. The van der Waals surface area contributed by atoms with Crippen LogP contribution in [-0.4, -0.2) is 28.5 Å². The van der Waals surface area contributed by atoms with Gasteiger partial charge in [-0.1, -0.05) is 18.5 Å². The highest BCUT2D eigenvalue weighted by Crippen LogP contribution is 2.13. The van der Waals surface area contributed by atoms with Crippen molar-refractivity contribution in [3.8, 4) is 0 Å². The first-order chi connectivity index (χ1) is 8.06. The molecule has 0 spiro atoms. The summed E-state index contributed by atoms with van der Waals surface area (Å²) >= 11 is 5.81. The Morgan fingerprint density at radius 3 is 2.82 bits per heavy atom. The molecule has 1 amide bonds. The van der Waals surface area contributed by atoms with Crippen LogP contribution < -0.4 is 5.32 Å². The zero-order valence-electron chi connectivity index (χ0n) is 9.31. The molecule has 1 rings (SSSR count). The molecule has 0 aliphatic rings. The zero-order chi connectivity index (χ0) is 12.8. The van der Waals surface area contributed by atoms with Gasteiger partial charge in [0.1, 0.15) is 0 Å². The minimum atomic E-state index is -0.926. The number of carbonyl (C=O) groups is 2. The summed E-state index contributed by atoms with van der Waals surface area (Å²) in [4.78, 5) is 26.2. The first-order valence-corrected chi connectivity index (χ1v) is 5.54. The maximum absolute atomic E-state index is 11.7. The molecule has 0 aromatic carbocycles. The Balaban J connectivity index is 2.62. The number of aromatic nitrogens is 1. The average Bonchev–Trinajstić information content (AvgIpc) is 2.29. The number of amides is 1. The molecule has 1 atom stereocenters. The van der Waals surface area contributed by atoms with E-state index in [1.807, 2.05) is 0 Å². The van der Waals surface area contributed by atoms with Crippen LogP contribution in [0.15, 0.2) is 18.5 Å². The number of halogens is 1. The Labute approximate surface area is 104 Å². The van der Waals surface area contributed by atoms with Gasteiger partial charge in [0, 0.05) is 18.9 Å². The Bertz CT molecular complexity index is 423. The fourth-order valence-electron chi connectivity index (χ4n) is 1.26. The maximum atomic E-state index is 11.7. The third-order valence-corrected chi connectivity index (χ3v) is 2.69. The van der Waals surface area contributed by atoms with E-state index in [-0.39, 0.29) is 12.1 Å². The molecule has 0 aliphatic carbocycles. The summed E-state index contributed by atoms with van der Waals surface area (Å²) < 4.78 is 0. The van der Waals surface area contributed by atoms with Gasteiger partial charge in [-0.2, -0.15) is 0 Å². The van der Waals surface area contributed by atoms with Gasteiger partial charge in [0.2, 0.25) is 0 Å². The number of carbonyl (C=O) groups excluding carboxylic acids is 1. The number of carboxylic acids is 1. The quantitative estimate of drug-likeness (QED) is 0.838. The molecule has 1 aromatic rings. The lowest BCUT2D eigenvalue weighted by molar-refractivity contribution is -0.141. The largest absolute Gasteiger partial charge is 0.481 e. The molecule has 1 aromatic heterocycles. The second kappa shape index (κ2) is 6.20. The number of rotatable bonds is 5. The van der Waals surface area contributed by atoms with E-state index in [4.69, 9.17) is 16.7 Å². The number of nitrogens with zero attached hydrogens (tertiary/aromatic N) is 1. The van der Waals surface area contributed by atoms with Gasteiger partial charge in [-0.3, -0.25) is 14.6 Å². The van der Waals surface area contributed by atoms with Crippen molar-refractivity contribution in [3.05, 3.63) is 29.0 Å². The van der Waals surface area contributed by atoms with Gasteiger partial charge in [-0.05, 0) is 12.5 Å². The number of hydrogen-bond acceptors (Lipinski definition) is 3. The SMILES string of the molecule is CCC(CNC(=O)c1cnccc1Cl)C(=O)O. The molecule has 92 valence electrons. The first-order valence-electron chi connectivity index (χ1n) is 5.16. The Hall–Kier alpha value is -1.62. The summed E-state index contributed by atoms with van der Waals surface area (Å²) in [5.74, 6) is -1.93. The van der Waals surface area contributed by atoms with E-state index >= 15 is 0 Å². The molecular weight excluding hydrogens is 244 g/mol. The van der Waals surface area contributed by atoms with E-state index in [0.29, 0.717) is 11.4 Å². The standard InChI is InChI=1S/C11H13ClN2O3/c1-2-7(11(16)17)5-14-10(15)8-6-13-4-3-9(8)12/h3-4,6-7H,2,5H2,1H3,(H,14,15)(H,16,17). The van der Waals surface area contributed by atoms with Crippen LogP contribution in [0.5, 0.6) is 0 Å². The van der Waals surface area contributed by atoms with Gasteiger partial charge in [-0.15, -0.1) is 0 Å². The predicted octanol–water partition coefficient (Wildman–Crippen LogP) is 1.58. The van der Waals surface area contributed by atoms with E-state index in [1.165, 1.54) is 18.5 Å². The molecule has 2 N–H and O–H groups in total. The summed E-state index contributed by atoms with van der Waals surface area (Å²) in [6.07, 6.45) is 3.28. The highest BCUT2D eigenvalue weighted by molar-refractivity contribution is 6.33. The smallest absolute Gasteiger partial charge is 0.308 e. The summed E-state index contributed by atoms with van der Waals surface area (Å²) in [5.41, 5.74) is 0.245. The molecule has 0 aliphatic heterocycles. The molecular formula is C11H13ClN2O3. The molecule has 0 saturated heterocycles. The van der Waals surface area contributed by atoms with Crippen LogP contribution in [0, 0.1) is 5.92 Å². The zero-order valence-corrected chi connectivity index (χ0v) is 10.1. The normalized spacial score (nSPS) is 11.9. The first kappa shape index (κ1) is 13.4. The highest BCUT2D eigenvalue weighted by atomic mass is 35.5. The van der Waals surface area contributed by atoms with E-state index in [9.17, 15) is 9.59 Å². The van der Waals surface area contributed by atoms with Crippen molar-refractivity contribution in [3.63, 3.8) is 0 Å². The number of hydrogen-bond donors (Lipinski definition) is 2. The fraction of sp³-hybridized carbons (Fsp3) is 0.364. The third kappa shape index (κ3) is 3.71. The van der Waals surface area contributed by atoms with Gasteiger partial charge < -0.3 is 10.4 Å². The van der Waals surface area contributed by atoms with Crippen LogP contribution >= 0.6 is 11.6 Å². The Morgan fingerprint density at radius 2 is 2.29 bits per heavy atom. The number of nitrogens with one attached hydrogen (secondary N) is 1. The van der Waals surface area contributed by atoms with Crippen LogP contribution in [-0.2, 0) is 4.79 Å². The van der Waals surface area contributed by atoms with Crippen molar-refractivity contribution in [2.75, 3.05) is 6.54 Å². The van der Waals surface area contributed by atoms with E-state index < -0.39 is 17.8 Å². The summed E-state index contributed by atoms with van der Waals surface area (Å²) in [7, 11) is 0. The minimum absolute atomic E-state index is 0.0793. The van der Waals surface area contributed by atoms with Crippen molar-refractivity contribution >= 4 is 23.5 Å².